The first-order valence-corrected chi connectivity index (χ1v) is 2.99. The minimum Gasteiger partial charge on any atom is -0.481 e. The average Bonchev–Trinajstić information content (AvgIpc) is 1.66. The molecule has 0 aromatic carbocycles. The van der Waals surface area contributed by atoms with E-state index in [2.05, 4.69) is 6.92 Å². The van der Waals surface area contributed by atoms with Crippen molar-refractivity contribution in [1.82, 2.24) is 0 Å². The van der Waals surface area contributed by atoms with Gasteiger partial charge in [0.15, 0.2) is 0 Å². The van der Waals surface area contributed by atoms with Crippen LogP contribution in [0.3, 0.4) is 0 Å². The molecule has 0 spiro atoms. The van der Waals surface area contributed by atoms with Crippen molar-refractivity contribution < 1.29 is 9.90 Å². The first-order chi connectivity index (χ1) is 3.77. The first kappa shape index (κ1) is 16.7. The van der Waals surface area contributed by atoms with Crippen LogP contribution in [-0.4, -0.2) is 34.1 Å². The molecule has 0 saturated carbocycles. The van der Waals surface area contributed by atoms with Crippen molar-refractivity contribution >= 4 is 29.0 Å². The summed E-state index contributed by atoms with van der Waals surface area (Å²) in [6, 6.07) is 0. The number of unbranched alkanes of at least 4 members (excludes halogenated alkanes) is 2. The summed E-state index contributed by atoms with van der Waals surface area (Å²) in [5.41, 5.74) is 0. The van der Waals surface area contributed by atoms with Crippen LogP contribution in [0, 0.1) is 7.43 Å². The zero-order valence-corrected chi connectivity index (χ0v) is 8.31. The largest absolute Gasteiger partial charge is 2.00 e. The Kier molecular flexibility index (Phi) is 20.0. The van der Waals surface area contributed by atoms with E-state index in [1.54, 1.807) is 0 Å². The fourth-order valence-electron chi connectivity index (χ4n) is 0.526. The van der Waals surface area contributed by atoms with Crippen LogP contribution in [-0.2, 0) is 4.79 Å². The quantitative estimate of drug-likeness (QED) is 0.381. The zero-order valence-electron chi connectivity index (χ0n) is 6.89. The minimum atomic E-state index is -0.682. The maximum atomic E-state index is 9.87. The Labute approximate surface area is 79.2 Å². The molecule has 2 nitrogen and oxygen atoms in total. The molecule has 10 heavy (non-hydrogen) atoms. The van der Waals surface area contributed by atoms with Crippen LogP contribution in [0.15, 0.2) is 0 Å². The number of carbonyl (C=O) groups is 1. The molecule has 0 bridgehead atoms. The molecule has 0 aromatic rings. The molecule has 0 aliphatic rings. The molecule has 56 valence electrons. The summed E-state index contributed by atoms with van der Waals surface area (Å²) < 4.78 is 0. The smallest absolute Gasteiger partial charge is 0.481 e. The van der Waals surface area contributed by atoms with E-state index in [0.717, 1.165) is 19.3 Å². The Bertz CT molecular complexity index is 74.0. The molecule has 0 unspecified atom stereocenters. The van der Waals surface area contributed by atoms with Crippen LogP contribution in [0.4, 0.5) is 0 Å². The molecule has 0 radical (unpaired) electrons. The average molecular weight is 156 g/mol. The van der Waals surface area contributed by atoms with Gasteiger partial charge in [-0.15, -0.1) is 0 Å². The Morgan fingerprint density at radius 1 is 1.40 bits per heavy atom. The summed E-state index contributed by atoms with van der Waals surface area (Å²) in [5, 5.41) is 8.14. The second kappa shape index (κ2) is 12.0. The predicted octanol–water partition coefficient (Wildman–Crippen LogP) is 1.72. The van der Waals surface area contributed by atoms with Gasteiger partial charge in [0, 0.05) is 6.42 Å². The van der Waals surface area contributed by atoms with Gasteiger partial charge >= 0.3 is 29.0 Å². The Morgan fingerprint density at radius 2 is 1.90 bits per heavy atom. The number of carboxylic acid groups (broad SMARTS) is 1. The summed E-state index contributed by atoms with van der Waals surface area (Å²) in [4.78, 5) is 9.87. The maximum absolute atomic E-state index is 9.87. The SMILES string of the molecule is CCCCCC(=O)O.[CH3-].[Mg+2]. The van der Waals surface area contributed by atoms with E-state index in [1.807, 2.05) is 0 Å². The van der Waals surface area contributed by atoms with Gasteiger partial charge in [-0.05, 0) is 6.42 Å². The molecule has 0 amide bonds. The molecular weight excluding hydrogens is 140 g/mol. The van der Waals surface area contributed by atoms with Crippen molar-refractivity contribution in [2.45, 2.75) is 32.6 Å². The van der Waals surface area contributed by atoms with E-state index in [9.17, 15) is 4.79 Å². The van der Waals surface area contributed by atoms with Crippen LogP contribution in [0.5, 0.6) is 0 Å². The van der Waals surface area contributed by atoms with Gasteiger partial charge in [-0.25, -0.2) is 0 Å². The summed E-state index contributed by atoms with van der Waals surface area (Å²) >= 11 is 0. The summed E-state index contributed by atoms with van der Waals surface area (Å²) in [6.07, 6.45) is 3.28. The topological polar surface area (TPSA) is 37.3 Å². The van der Waals surface area contributed by atoms with Crippen molar-refractivity contribution in [3.05, 3.63) is 7.43 Å². The molecule has 3 heteroatoms. The van der Waals surface area contributed by atoms with E-state index >= 15 is 0 Å². The van der Waals surface area contributed by atoms with Crippen LogP contribution in [0.2, 0.25) is 0 Å². The molecule has 0 atom stereocenters. The predicted molar refractivity (Wildman–Crippen MR) is 43.9 cm³/mol. The van der Waals surface area contributed by atoms with Gasteiger partial charge in [0.25, 0.3) is 0 Å². The van der Waals surface area contributed by atoms with E-state index in [-0.39, 0.29) is 30.5 Å². The molecular formula is C7H15MgO2+. The van der Waals surface area contributed by atoms with Crippen LogP contribution in [0.25, 0.3) is 0 Å². The van der Waals surface area contributed by atoms with E-state index in [4.69, 9.17) is 5.11 Å². The third-order valence-corrected chi connectivity index (χ3v) is 0.994. The van der Waals surface area contributed by atoms with Crippen LogP contribution < -0.4 is 0 Å². The van der Waals surface area contributed by atoms with Crippen molar-refractivity contribution in [2.75, 3.05) is 0 Å². The Morgan fingerprint density at radius 3 is 2.20 bits per heavy atom. The molecule has 0 heterocycles. The Balaban J connectivity index is -0.000000245. The van der Waals surface area contributed by atoms with Crippen LogP contribution in [0.1, 0.15) is 32.6 Å². The minimum absolute atomic E-state index is 0. The molecule has 0 aliphatic heterocycles. The standard InChI is InChI=1S/C6H12O2.CH3.Mg/c1-2-3-4-5-6(7)8;;/h2-5H2,1H3,(H,7,8);1H3;/q;-1;+2. The number of rotatable bonds is 4. The molecule has 0 aliphatic carbocycles. The number of aliphatic carboxylic acids is 1. The maximum Gasteiger partial charge on any atom is 2.00 e. The molecule has 0 fully saturated rings. The van der Waals surface area contributed by atoms with Crippen molar-refractivity contribution in [1.29, 1.82) is 0 Å². The van der Waals surface area contributed by atoms with Gasteiger partial charge in [0.1, 0.15) is 0 Å². The van der Waals surface area contributed by atoms with Crippen molar-refractivity contribution in [2.24, 2.45) is 0 Å². The third-order valence-electron chi connectivity index (χ3n) is 0.994. The van der Waals surface area contributed by atoms with E-state index in [0.29, 0.717) is 6.42 Å². The van der Waals surface area contributed by atoms with E-state index in [1.165, 1.54) is 0 Å². The van der Waals surface area contributed by atoms with Gasteiger partial charge in [-0.2, -0.15) is 0 Å². The van der Waals surface area contributed by atoms with Crippen molar-refractivity contribution in [3.8, 4) is 0 Å². The zero-order chi connectivity index (χ0) is 6.41. The molecule has 0 rings (SSSR count). The fourth-order valence-corrected chi connectivity index (χ4v) is 0.526. The fraction of sp³-hybridized carbons (Fsp3) is 0.714. The van der Waals surface area contributed by atoms with Gasteiger partial charge in [-0.1, -0.05) is 19.8 Å². The van der Waals surface area contributed by atoms with Crippen molar-refractivity contribution in [3.63, 3.8) is 0 Å². The molecule has 0 saturated heterocycles. The number of hydrogen-bond acceptors (Lipinski definition) is 1. The van der Waals surface area contributed by atoms with Gasteiger partial charge < -0.3 is 12.5 Å². The molecule has 1 N–H and O–H groups in total. The van der Waals surface area contributed by atoms with Gasteiger partial charge in [-0.3, -0.25) is 4.79 Å². The summed E-state index contributed by atoms with van der Waals surface area (Å²) in [6.45, 7) is 2.06. The number of hydrogen-bond donors (Lipinski definition) is 1. The van der Waals surface area contributed by atoms with E-state index < -0.39 is 5.97 Å². The summed E-state index contributed by atoms with van der Waals surface area (Å²) in [7, 11) is 0. The second-order valence-electron chi connectivity index (χ2n) is 1.85. The normalized spacial score (nSPS) is 7.30. The summed E-state index contributed by atoms with van der Waals surface area (Å²) in [5.74, 6) is -0.682. The molecule has 0 aromatic heterocycles. The third kappa shape index (κ3) is 15.7. The van der Waals surface area contributed by atoms with Crippen LogP contribution >= 0.6 is 0 Å². The number of carboxylic acids is 1. The van der Waals surface area contributed by atoms with Gasteiger partial charge in [0.05, 0.1) is 0 Å². The Hall–Kier alpha value is 0.236. The second-order valence-corrected chi connectivity index (χ2v) is 1.85. The monoisotopic (exact) mass is 155 g/mol. The first-order valence-electron chi connectivity index (χ1n) is 2.99. The van der Waals surface area contributed by atoms with Gasteiger partial charge in [0.2, 0.25) is 0 Å².